The summed E-state index contributed by atoms with van der Waals surface area (Å²) < 4.78 is 5.54. The molecule has 2 aliphatic carbocycles. The van der Waals surface area contributed by atoms with Gasteiger partial charge in [-0.2, -0.15) is 0 Å². The van der Waals surface area contributed by atoms with Crippen LogP contribution in [0.3, 0.4) is 0 Å². The van der Waals surface area contributed by atoms with Crippen molar-refractivity contribution >= 4 is 5.97 Å². The second kappa shape index (κ2) is 3.60. The molecule has 0 aromatic carbocycles. The highest BCUT2D eigenvalue weighted by Gasteiger charge is 2.61. The number of carbonyl (C=O) groups is 1. The third-order valence-electron chi connectivity index (χ3n) is 5.52. The van der Waals surface area contributed by atoms with E-state index in [1.54, 1.807) is 6.92 Å². The van der Waals surface area contributed by atoms with Gasteiger partial charge in [-0.1, -0.05) is 12.5 Å². The number of rotatable bonds is 0. The summed E-state index contributed by atoms with van der Waals surface area (Å²) in [7, 11) is 0. The SMILES string of the molecule is CC1=C2C3OC(=O)[C@H](C)C3(O)CC[C@@]2(C)CCC1. The smallest absolute Gasteiger partial charge is 0.312 e. The van der Waals surface area contributed by atoms with Crippen LogP contribution in [0, 0.1) is 11.3 Å². The van der Waals surface area contributed by atoms with Crippen molar-refractivity contribution in [1.29, 1.82) is 0 Å². The molecular weight excluding hydrogens is 228 g/mol. The molecule has 0 aromatic heterocycles. The van der Waals surface area contributed by atoms with Gasteiger partial charge in [0.15, 0.2) is 6.10 Å². The maximum absolute atomic E-state index is 11.8. The Kier molecular flexibility index (Phi) is 2.44. The molecule has 2 unspecified atom stereocenters. The summed E-state index contributed by atoms with van der Waals surface area (Å²) in [5.41, 5.74) is 1.71. The summed E-state index contributed by atoms with van der Waals surface area (Å²) >= 11 is 0. The summed E-state index contributed by atoms with van der Waals surface area (Å²) in [6, 6.07) is 0. The molecule has 1 saturated carbocycles. The fourth-order valence-corrected chi connectivity index (χ4v) is 4.21. The zero-order valence-electron chi connectivity index (χ0n) is 11.5. The zero-order valence-corrected chi connectivity index (χ0v) is 11.5. The molecule has 2 fully saturated rings. The minimum Gasteiger partial charge on any atom is -0.454 e. The Balaban J connectivity index is 2.10. The lowest BCUT2D eigenvalue weighted by molar-refractivity contribution is -0.143. The molecule has 4 atom stereocenters. The molecular formula is C15H22O3. The Morgan fingerprint density at radius 3 is 2.78 bits per heavy atom. The Labute approximate surface area is 108 Å². The van der Waals surface area contributed by atoms with Crippen molar-refractivity contribution < 1.29 is 14.6 Å². The summed E-state index contributed by atoms with van der Waals surface area (Å²) in [4.78, 5) is 11.8. The second-order valence-electron chi connectivity index (χ2n) is 6.64. The summed E-state index contributed by atoms with van der Waals surface area (Å²) in [6.45, 7) is 6.19. The van der Waals surface area contributed by atoms with E-state index >= 15 is 0 Å². The first kappa shape index (κ1) is 12.2. The van der Waals surface area contributed by atoms with Gasteiger partial charge in [0.1, 0.15) is 5.60 Å². The molecule has 1 saturated heterocycles. The van der Waals surface area contributed by atoms with Gasteiger partial charge in [0.05, 0.1) is 5.92 Å². The average Bonchev–Trinajstić information content (AvgIpc) is 2.53. The predicted octanol–water partition coefficient (Wildman–Crippen LogP) is 2.58. The molecule has 3 rings (SSSR count). The predicted molar refractivity (Wildman–Crippen MR) is 67.9 cm³/mol. The second-order valence-corrected chi connectivity index (χ2v) is 6.64. The van der Waals surface area contributed by atoms with E-state index in [2.05, 4.69) is 13.8 Å². The Bertz CT molecular complexity index is 439. The molecule has 1 aliphatic heterocycles. The van der Waals surface area contributed by atoms with Gasteiger partial charge in [0.25, 0.3) is 0 Å². The van der Waals surface area contributed by atoms with Crippen molar-refractivity contribution in [3.8, 4) is 0 Å². The number of hydrogen-bond donors (Lipinski definition) is 1. The number of ether oxygens (including phenoxy) is 1. The maximum Gasteiger partial charge on any atom is 0.312 e. The fourth-order valence-electron chi connectivity index (χ4n) is 4.21. The fraction of sp³-hybridized carbons (Fsp3) is 0.800. The van der Waals surface area contributed by atoms with Crippen LogP contribution in [0.4, 0.5) is 0 Å². The first-order valence-corrected chi connectivity index (χ1v) is 7.01. The van der Waals surface area contributed by atoms with Gasteiger partial charge < -0.3 is 9.84 Å². The van der Waals surface area contributed by atoms with Crippen molar-refractivity contribution in [2.24, 2.45) is 11.3 Å². The lowest BCUT2D eigenvalue weighted by atomic mass is 9.58. The van der Waals surface area contributed by atoms with Crippen LogP contribution in [-0.2, 0) is 9.53 Å². The van der Waals surface area contributed by atoms with E-state index in [0.29, 0.717) is 6.42 Å². The Hall–Kier alpha value is -0.830. The van der Waals surface area contributed by atoms with Gasteiger partial charge in [-0.3, -0.25) is 4.79 Å². The van der Waals surface area contributed by atoms with E-state index in [9.17, 15) is 9.90 Å². The number of fused-ring (bicyclic) bond motifs is 3. The minimum absolute atomic E-state index is 0.129. The van der Waals surface area contributed by atoms with E-state index < -0.39 is 11.5 Å². The van der Waals surface area contributed by atoms with Gasteiger partial charge in [0, 0.05) is 0 Å². The number of aliphatic hydroxyl groups is 1. The molecule has 1 N–H and O–H groups in total. The van der Waals surface area contributed by atoms with Crippen LogP contribution in [0.5, 0.6) is 0 Å². The molecule has 3 nitrogen and oxygen atoms in total. The van der Waals surface area contributed by atoms with Crippen LogP contribution in [0.15, 0.2) is 11.1 Å². The topological polar surface area (TPSA) is 46.5 Å². The first-order chi connectivity index (χ1) is 8.38. The van der Waals surface area contributed by atoms with Crippen molar-refractivity contribution in [2.45, 2.75) is 64.6 Å². The van der Waals surface area contributed by atoms with E-state index in [4.69, 9.17) is 4.74 Å². The standard InChI is InChI=1S/C15H22O3/c1-9-5-4-6-14(3)7-8-15(17)10(2)13(16)18-12(15)11(9)14/h10,12,17H,4-8H2,1-3H3/t10-,12?,14+,15?/m0/s1. The molecule has 1 heterocycles. The molecule has 3 heteroatoms. The van der Waals surface area contributed by atoms with Gasteiger partial charge in [-0.05, 0) is 56.9 Å². The lowest BCUT2D eigenvalue weighted by Crippen LogP contribution is -2.52. The van der Waals surface area contributed by atoms with E-state index in [-0.39, 0.29) is 17.5 Å². The van der Waals surface area contributed by atoms with Gasteiger partial charge in [0.2, 0.25) is 0 Å². The van der Waals surface area contributed by atoms with Crippen molar-refractivity contribution in [3.05, 3.63) is 11.1 Å². The minimum atomic E-state index is -0.968. The van der Waals surface area contributed by atoms with Crippen LogP contribution < -0.4 is 0 Å². The molecule has 0 spiro atoms. The Morgan fingerprint density at radius 2 is 2.06 bits per heavy atom. The first-order valence-electron chi connectivity index (χ1n) is 7.01. The van der Waals surface area contributed by atoms with Gasteiger partial charge in [-0.15, -0.1) is 0 Å². The summed E-state index contributed by atoms with van der Waals surface area (Å²) in [6.07, 6.45) is 4.69. The van der Waals surface area contributed by atoms with Crippen LogP contribution in [0.2, 0.25) is 0 Å². The summed E-state index contributed by atoms with van der Waals surface area (Å²) in [5.74, 6) is -0.633. The van der Waals surface area contributed by atoms with Gasteiger partial charge in [-0.25, -0.2) is 0 Å². The number of hydrogen-bond acceptors (Lipinski definition) is 3. The summed E-state index contributed by atoms with van der Waals surface area (Å²) in [5, 5.41) is 10.8. The largest absolute Gasteiger partial charge is 0.454 e. The Morgan fingerprint density at radius 1 is 1.33 bits per heavy atom. The zero-order chi connectivity index (χ0) is 13.1. The number of allylic oxidation sites excluding steroid dienone is 1. The quantitative estimate of drug-likeness (QED) is 0.531. The lowest BCUT2D eigenvalue weighted by Gasteiger charge is -2.49. The van der Waals surface area contributed by atoms with Crippen LogP contribution in [-0.4, -0.2) is 22.8 Å². The van der Waals surface area contributed by atoms with Crippen LogP contribution in [0.1, 0.15) is 52.9 Å². The van der Waals surface area contributed by atoms with Crippen LogP contribution >= 0.6 is 0 Å². The van der Waals surface area contributed by atoms with Crippen LogP contribution in [0.25, 0.3) is 0 Å². The molecule has 3 aliphatic rings. The number of esters is 1. The molecule has 0 aromatic rings. The van der Waals surface area contributed by atoms with E-state index in [1.165, 1.54) is 17.6 Å². The normalized spacial score (nSPS) is 47.7. The molecule has 100 valence electrons. The highest BCUT2D eigenvalue weighted by Crippen LogP contribution is 2.56. The highest BCUT2D eigenvalue weighted by molar-refractivity contribution is 5.77. The third-order valence-corrected chi connectivity index (χ3v) is 5.52. The van der Waals surface area contributed by atoms with Crippen molar-refractivity contribution in [1.82, 2.24) is 0 Å². The van der Waals surface area contributed by atoms with E-state index in [1.807, 2.05) is 0 Å². The monoisotopic (exact) mass is 250 g/mol. The van der Waals surface area contributed by atoms with Gasteiger partial charge >= 0.3 is 5.97 Å². The molecule has 0 bridgehead atoms. The molecule has 0 radical (unpaired) electrons. The average molecular weight is 250 g/mol. The van der Waals surface area contributed by atoms with Crippen molar-refractivity contribution in [2.75, 3.05) is 0 Å². The third kappa shape index (κ3) is 1.37. The van der Waals surface area contributed by atoms with Crippen molar-refractivity contribution in [3.63, 3.8) is 0 Å². The number of carbonyl (C=O) groups excluding carboxylic acids is 1. The highest BCUT2D eigenvalue weighted by atomic mass is 16.6. The maximum atomic E-state index is 11.8. The molecule has 18 heavy (non-hydrogen) atoms. The molecule has 0 amide bonds. The van der Waals surface area contributed by atoms with E-state index in [0.717, 1.165) is 19.3 Å².